The van der Waals surface area contributed by atoms with E-state index in [1.807, 2.05) is 30.3 Å². The average molecular weight is 233 g/mol. The number of carbonyl (C=O) groups excluding carboxylic acids is 1. The van der Waals surface area contributed by atoms with Gasteiger partial charge in [-0.05, 0) is 18.7 Å². The quantitative estimate of drug-likeness (QED) is 0.727. The molecule has 4 heteroatoms. The van der Waals surface area contributed by atoms with Gasteiger partial charge in [0.25, 0.3) is 0 Å². The number of carbonyl (C=O) groups is 2. The first kappa shape index (κ1) is 13.1. The Morgan fingerprint density at radius 1 is 1.29 bits per heavy atom. The van der Waals surface area contributed by atoms with Crippen LogP contribution in [-0.2, 0) is 16.0 Å². The highest BCUT2D eigenvalue weighted by Crippen LogP contribution is 2.13. The summed E-state index contributed by atoms with van der Waals surface area (Å²) in [6, 6.07) is 9.27. The first-order valence-corrected chi connectivity index (χ1v) is 5.34. The second-order valence-corrected chi connectivity index (χ2v) is 3.85. The number of ketones is 1. The van der Waals surface area contributed by atoms with E-state index >= 15 is 0 Å². The summed E-state index contributed by atoms with van der Waals surface area (Å²) in [7, 11) is 0. The predicted molar refractivity (Wildman–Crippen MR) is 65.3 cm³/mol. The number of hydrogen-bond donors (Lipinski definition) is 1. The molecule has 0 bridgehead atoms. The molecule has 0 heterocycles. The standard InChI is InChI=1S/C13H15NO3/c1-14-9-12(15)8-11(13(16)17)7-10-5-3-2-4-6-10/h2-6,11H,1,7-9H2,(H,16,17)/t11-/m1/s1. The van der Waals surface area contributed by atoms with Crippen LogP contribution in [0.4, 0.5) is 0 Å². The minimum Gasteiger partial charge on any atom is -0.481 e. The Balaban J connectivity index is 2.64. The molecule has 0 aliphatic heterocycles. The van der Waals surface area contributed by atoms with Crippen molar-refractivity contribution in [3.05, 3.63) is 35.9 Å². The highest BCUT2D eigenvalue weighted by atomic mass is 16.4. The maximum absolute atomic E-state index is 11.4. The Labute approximate surface area is 100.0 Å². The SMILES string of the molecule is C=NCC(=O)C[C@@H](Cc1ccccc1)C(=O)O. The summed E-state index contributed by atoms with van der Waals surface area (Å²) in [5, 5.41) is 9.05. The Kier molecular flexibility index (Phi) is 5.07. The second kappa shape index (κ2) is 6.58. The van der Waals surface area contributed by atoms with Gasteiger partial charge in [0.15, 0.2) is 5.78 Å². The minimum atomic E-state index is -0.953. The van der Waals surface area contributed by atoms with E-state index in [1.54, 1.807) is 0 Å². The average Bonchev–Trinajstić information content (AvgIpc) is 2.29. The molecule has 0 aliphatic carbocycles. The summed E-state index contributed by atoms with van der Waals surface area (Å²) in [4.78, 5) is 25.9. The van der Waals surface area contributed by atoms with Crippen molar-refractivity contribution in [1.29, 1.82) is 0 Å². The number of aliphatic imine (C=N–C) groups is 1. The van der Waals surface area contributed by atoms with E-state index in [0.29, 0.717) is 6.42 Å². The predicted octanol–water partition coefficient (Wildman–Crippen LogP) is 1.59. The van der Waals surface area contributed by atoms with Crippen molar-refractivity contribution in [1.82, 2.24) is 0 Å². The second-order valence-electron chi connectivity index (χ2n) is 3.85. The van der Waals surface area contributed by atoms with Gasteiger partial charge >= 0.3 is 5.97 Å². The molecule has 0 aliphatic rings. The molecular weight excluding hydrogens is 218 g/mol. The summed E-state index contributed by atoms with van der Waals surface area (Å²) in [5.41, 5.74) is 0.916. The zero-order valence-corrected chi connectivity index (χ0v) is 9.50. The molecule has 1 aromatic carbocycles. The third-order valence-corrected chi connectivity index (χ3v) is 2.44. The molecule has 0 saturated carbocycles. The highest BCUT2D eigenvalue weighted by molar-refractivity contribution is 5.85. The molecule has 0 radical (unpaired) electrons. The van der Waals surface area contributed by atoms with Gasteiger partial charge < -0.3 is 5.11 Å². The van der Waals surface area contributed by atoms with E-state index in [0.717, 1.165) is 5.56 Å². The summed E-state index contributed by atoms with van der Waals surface area (Å²) in [6.07, 6.45) is 0.363. The van der Waals surface area contributed by atoms with Crippen molar-refractivity contribution in [2.24, 2.45) is 10.9 Å². The molecule has 0 saturated heterocycles. The number of aliphatic carboxylic acids is 1. The smallest absolute Gasteiger partial charge is 0.307 e. The molecular formula is C13H15NO3. The van der Waals surface area contributed by atoms with Crippen LogP contribution in [0.15, 0.2) is 35.3 Å². The fourth-order valence-corrected chi connectivity index (χ4v) is 1.61. The lowest BCUT2D eigenvalue weighted by molar-refractivity contribution is -0.143. The number of nitrogens with zero attached hydrogens (tertiary/aromatic N) is 1. The number of hydrogen-bond acceptors (Lipinski definition) is 3. The third-order valence-electron chi connectivity index (χ3n) is 2.44. The van der Waals surface area contributed by atoms with Crippen LogP contribution in [-0.4, -0.2) is 30.1 Å². The fraction of sp³-hybridized carbons (Fsp3) is 0.308. The number of rotatable bonds is 7. The van der Waals surface area contributed by atoms with E-state index in [9.17, 15) is 9.59 Å². The van der Waals surface area contributed by atoms with Gasteiger partial charge in [-0.2, -0.15) is 0 Å². The normalized spacial score (nSPS) is 11.8. The van der Waals surface area contributed by atoms with Gasteiger partial charge in [-0.25, -0.2) is 0 Å². The van der Waals surface area contributed by atoms with E-state index in [4.69, 9.17) is 5.11 Å². The number of carboxylic acid groups (broad SMARTS) is 1. The van der Waals surface area contributed by atoms with Crippen molar-refractivity contribution in [2.75, 3.05) is 6.54 Å². The van der Waals surface area contributed by atoms with Crippen molar-refractivity contribution in [2.45, 2.75) is 12.8 Å². The van der Waals surface area contributed by atoms with Crippen molar-refractivity contribution < 1.29 is 14.7 Å². The lowest BCUT2D eigenvalue weighted by atomic mass is 9.94. The number of benzene rings is 1. The van der Waals surface area contributed by atoms with E-state index < -0.39 is 11.9 Å². The highest BCUT2D eigenvalue weighted by Gasteiger charge is 2.21. The molecule has 0 spiro atoms. The maximum Gasteiger partial charge on any atom is 0.307 e. The van der Waals surface area contributed by atoms with Crippen LogP contribution in [0.5, 0.6) is 0 Å². The minimum absolute atomic E-state index is 0.00322. The van der Waals surface area contributed by atoms with Crippen LogP contribution in [0.2, 0.25) is 0 Å². The van der Waals surface area contributed by atoms with E-state index in [2.05, 4.69) is 11.7 Å². The molecule has 17 heavy (non-hydrogen) atoms. The van der Waals surface area contributed by atoms with Gasteiger partial charge in [0.2, 0.25) is 0 Å². The first-order valence-electron chi connectivity index (χ1n) is 5.34. The largest absolute Gasteiger partial charge is 0.481 e. The van der Waals surface area contributed by atoms with Crippen LogP contribution in [0.25, 0.3) is 0 Å². The van der Waals surface area contributed by atoms with Gasteiger partial charge in [0.05, 0.1) is 12.5 Å². The van der Waals surface area contributed by atoms with Gasteiger partial charge in [0.1, 0.15) is 0 Å². The Morgan fingerprint density at radius 3 is 2.47 bits per heavy atom. The first-order chi connectivity index (χ1) is 8.13. The Hall–Kier alpha value is -1.97. The van der Waals surface area contributed by atoms with E-state index in [1.165, 1.54) is 0 Å². The van der Waals surface area contributed by atoms with Crippen LogP contribution < -0.4 is 0 Å². The Morgan fingerprint density at radius 2 is 1.94 bits per heavy atom. The van der Waals surface area contributed by atoms with E-state index in [-0.39, 0.29) is 18.7 Å². The zero-order chi connectivity index (χ0) is 12.7. The molecule has 1 N–H and O–H groups in total. The van der Waals surface area contributed by atoms with Crippen molar-refractivity contribution in [3.8, 4) is 0 Å². The molecule has 4 nitrogen and oxygen atoms in total. The molecule has 0 aromatic heterocycles. The van der Waals surface area contributed by atoms with Crippen LogP contribution in [0, 0.1) is 5.92 Å². The summed E-state index contributed by atoms with van der Waals surface area (Å²) in [5.74, 6) is -1.83. The molecule has 0 unspecified atom stereocenters. The van der Waals surface area contributed by atoms with Crippen molar-refractivity contribution >= 4 is 18.5 Å². The third kappa shape index (κ3) is 4.59. The lowest BCUT2D eigenvalue weighted by Gasteiger charge is -2.10. The maximum atomic E-state index is 11.4. The summed E-state index contributed by atoms with van der Waals surface area (Å²) in [6.45, 7) is 3.20. The topological polar surface area (TPSA) is 66.7 Å². The Bertz CT molecular complexity index is 400. The monoisotopic (exact) mass is 233 g/mol. The van der Waals surface area contributed by atoms with Crippen LogP contribution in [0.3, 0.4) is 0 Å². The molecule has 90 valence electrons. The molecule has 0 amide bonds. The number of Topliss-reactive ketones (excluding diaryl/α,β-unsaturated/α-hetero) is 1. The number of carboxylic acids is 1. The van der Waals surface area contributed by atoms with Crippen molar-refractivity contribution in [3.63, 3.8) is 0 Å². The van der Waals surface area contributed by atoms with Gasteiger partial charge in [-0.3, -0.25) is 14.6 Å². The van der Waals surface area contributed by atoms with Gasteiger partial charge in [0, 0.05) is 6.42 Å². The zero-order valence-electron chi connectivity index (χ0n) is 9.50. The molecule has 0 fully saturated rings. The molecule has 1 rings (SSSR count). The van der Waals surface area contributed by atoms with Gasteiger partial charge in [-0.15, -0.1) is 0 Å². The molecule has 1 aromatic rings. The molecule has 1 atom stereocenters. The fourth-order valence-electron chi connectivity index (χ4n) is 1.61. The summed E-state index contributed by atoms with van der Waals surface area (Å²) >= 11 is 0. The van der Waals surface area contributed by atoms with Gasteiger partial charge in [-0.1, -0.05) is 30.3 Å². The summed E-state index contributed by atoms with van der Waals surface area (Å²) < 4.78 is 0. The van der Waals surface area contributed by atoms with Crippen LogP contribution >= 0.6 is 0 Å². The van der Waals surface area contributed by atoms with Crippen LogP contribution in [0.1, 0.15) is 12.0 Å². The lowest BCUT2D eigenvalue weighted by Crippen LogP contribution is -2.21.